The van der Waals surface area contributed by atoms with E-state index in [1.807, 2.05) is 13.1 Å². The monoisotopic (exact) mass is 355 g/mol. The van der Waals surface area contributed by atoms with Gasteiger partial charge in [-0.2, -0.15) is 0 Å². The van der Waals surface area contributed by atoms with E-state index in [0.29, 0.717) is 0 Å². The summed E-state index contributed by atoms with van der Waals surface area (Å²) in [6.45, 7) is 4.91. The van der Waals surface area contributed by atoms with Crippen LogP contribution in [0.5, 0.6) is 0 Å². The minimum absolute atomic E-state index is 0.175. The average Bonchev–Trinajstić information content (AvgIpc) is 2.47. The highest BCUT2D eigenvalue weighted by Crippen LogP contribution is 2.35. The van der Waals surface area contributed by atoms with Gasteiger partial charge in [-0.25, -0.2) is 0 Å². The molecule has 1 N–H and O–H groups in total. The zero-order valence-electron chi connectivity index (χ0n) is 12.6. The van der Waals surface area contributed by atoms with E-state index in [2.05, 4.69) is 26.1 Å². The van der Waals surface area contributed by atoms with Crippen LogP contribution in [-0.2, 0) is 0 Å². The molecule has 0 unspecified atom stereocenters. The Labute approximate surface area is 134 Å². The van der Waals surface area contributed by atoms with Crippen LogP contribution >= 0.6 is 15.9 Å². The lowest BCUT2D eigenvalue weighted by molar-refractivity contribution is -0.385. The van der Waals surface area contributed by atoms with Crippen LogP contribution in [0.25, 0.3) is 0 Å². The van der Waals surface area contributed by atoms with Gasteiger partial charge in [0.1, 0.15) is 0 Å². The van der Waals surface area contributed by atoms with Gasteiger partial charge in [-0.1, -0.05) is 0 Å². The molecule has 0 aliphatic carbocycles. The molecule has 0 spiro atoms. The first-order valence-corrected chi connectivity index (χ1v) is 8.16. The van der Waals surface area contributed by atoms with Gasteiger partial charge >= 0.3 is 0 Å². The Kier molecular flexibility index (Phi) is 5.58. The van der Waals surface area contributed by atoms with Gasteiger partial charge in [0, 0.05) is 29.2 Å². The molecular formula is C15H22BrN3O2. The summed E-state index contributed by atoms with van der Waals surface area (Å²) in [5.41, 5.74) is 1.97. The maximum Gasteiger partial charge on any atom is 0.273 e. The third kappa shape index (κ3) is 3.95. The maximum atomic E-state index is 11.0. The second-order valence-corrected chi connectivity index (χ2v) is 6.52. The fourth-order valence-corrected chi connectivity index (χ4v) is 3.49. The number of aryl methyl sites for hydroxylation is 1. The van der Waals surface area contributed by atoms with E-state index in [-0.39, 0.29) is 10.6 Å². The summed E-state index contributed by atoms with van der Waals surface area (Å²) >= 11 is 3.49. The third-order valence-corrected chi connectivity index (χ3v) is 4.86. The Bertz CT molecular complexity index is 514. The summed E-state index contributed by atoms with van der Waals surface area (Å²) in [5.74, 6) is 0.784. The van der Waals surface area contributed by atoms with Crippen LogP contribution in [0.2, 0.25) is 0 Å². The van der Waals surface area contributed by atoms with Crippen LogP contribution in [-0.4, -0.2) is 31.6 Å². The molecule has 0 aromatic heterocycles. The molecule has 0 atom stereocenters. The van der Waals surface area contributed by atoms with Gasteiger partial charge in [0.15, 0.2) is 0 Å². The first-order chi connectivity index (χ1) is 10.0. The Balaban J connectivity index is 2.07. The standard InChI is InChI=1S/C15H22BrN3O2/c1-11-9-15(13(16)10-14(11)19(20)21)18-7-4-12(5-8-18)3-6-17-2/h9-10,12,17H,3-8H2,1-2H3. The van der Waals surface area contributed by atoms with Crippen molar-refractivity contribution in [1.29, 1.82) is 0 Å². The number of hydrogen-bond acceptors (Lipinski definition) is 4. The number of nitro groups is 1. The van der Waals surface area contributed by atoms with Crippen molar-refractivity contribution in [2.45, 2.75) is 26.2 Å². The third-order valence-electron chi connectivity index (χ3n) is 4.22. The van der Waals surface area contributed by atoms with Crippen LogP contribution in [0.4, 0.5) is 11.4 Å². The molecule has 5 nitrogen and oxygen atoms in total. The molecule has 1 fully saturated rings. The van der Waals surface area contributed by atoms with Gasteiger partial charge in [-0.15, -0.1) is 0 Å². The van der Waals surface area contributed by atoms with Crippen molar-refractivity contribution < 1.29 is 4.92 Å². The summed E-state index contributed by atoms with van der Waals surface area (Å²) in [5, 5.41) is 14.2. The van der Waals surface area contributed by atoms with E-state index in [0.717, 1.165) is 41.3 Å². The molecule has 0 saturated carbocycles. The Morgan fingerprint density at radius 1 is 1.43 bits per heavy atom. The Hall–Kier alpha value is -1.14. The molecule has 1 aromatic rings. The number of nitro benzene ring substituents is 1. The summed E-state index contributed by atoms with van der Waals surface area (Å²) in [7, 11) is 1.99. The van der Waals surface area contributed by atoms with E-state index in [1.165, 1.54) is 19.3 Å². The Morgan fingerprint density at radius 3 is 2.67 bits per heavy atom. The topological polar surface area (TPSA) is 58.4 Å². The number of halogens is 1. The van der Waals surface area contributed by atoms with Crippen molar-refractivity contribution in [3.05, 3.63) is 32.3 Å². The van der Waals surface area contributed by atoms with Crippen molar-refractivity contribution in [2.24, 2.45) is 5.92 Å². The summed E-state index contributed by atoms with van der Waals surface area (Å²) in [6.07, 6.45) is 3.60. The van der Waals surface area contributed by atoms with Crippen LogP contribution in [0.1, 0.15) is 24.8 Å². The minimum Gasteiger partial charge on any atom is -0.371 e. The Morgan fingerprint density at radius 2 is 2.10 bits per heavy atom. The van der Waals surface area contributed by atoms with E-state index >= 15 is 0 Å². The summed E-state index contributed by atoms with van der Waals surface area (Å²) in [4.78, 5) is 13.0. The van der Waals surface area contributed by atoms with E-state index in [1.54, 1.807) is 13.0 Å². The molecule has 6 heteroatoms. The normalized spacial score (nSPS) is 16.2. The van der Waals surface area contributed by atoms with E-state index in [4.69, 9.17) is 0 Å². The molecule has 1 aromatic carbocycles. The molecule has 1 aliphatic rings. The van der Waals surface area contributed by atoms with Crippen LogP contribution in [0.3, 0.4) is 0 Å². The maximum absolute atomic E-state index is 11.0. The molecule has 21 heavy (non-hydrogen) atoms. The predicted octanol–water partition coefficient (Wildman–Crippen LogP) is 3.49. The number of anilines is 1. The second-order valence-electron chi connectivity index (χ2n) is 5.67. The zero-order chi connectivity index (χ0) is 15.4. The first kappa shape index (κ1) is 16.2. The van der Waals surface area contributed by atoms with Crippen molar-refractivity contribution in [1.82, 2.24) is 5.32 Å². The highest BCUT2D eigenvalue weighted by atomic mass is 79.9. The number of hydrogen-bond donors (Lipinski definition) is 1. The molecule has 2 rings (SSSR count). The number of nitrogens with one attached hydrogen (secondary N) is 1. The second kappa shape index (κ2) is 7.22. The zero-order valence-corrected chi connectivity index (χ0v) is 14.1. The van der Waals surface area contributed by atoms with Gasteiger partial charge in [0.2, 0.25) is 0 Å². The van der Waals surface area contributed by atoms with Crippen molar-refractivity contribution >= 4 is 27.3 Å². The number of nitrogens with zero attached hydrogens (tertiary/aromatic N) is 2. The first-order valence-electron chi connectivity index (χ1n) is 7.37. The van der Waals surface area contributed by atoms with Gasteiger partial charge in [0.05, 0.1) is 10.6 Å². The lowest BCUT2D eigenvalue weighted by atomic mass is 9.93. The van der Waals surface area contributed by atoms with Crippen molar-refractivity contribution in [3.63, 3.8) is 0 Å². The molecule has 116 valence electrons. The molecular weight excluding hydrogens is 334 g/mol. The minimum atomic E-state index is -0.326. The van der Waals surface area contributed by atoms with Crippen LogP contribution in [0.15, 0.2) is 16.6 Å². The SMILES string of the molecule is CNCCC1CCN(c2cc(C)c([N+](=O)[O-])cc2Br)CC1. The average molecular weight is 356 g/mol. The largest absolute Gasteiger partial charge is 0.371 e. The van der Waals surface area contributed by atoms with Gasteiger partial charge in [0.25, 0.3) is 5.69 Å². The molecule has 0 radical (unpaired) electrons. The van der Waals surface area contributed by atoms with E-state index < -0.39 is 0 Å². The van der Waals surface area contributed by atoms with Gasteiger partial charge < -0.3 is 10.2 Å². The summed E-state index contributed by atoms with van der Waals surface area (Å²) in [6, 6.07) is 3.55. The highest BCUT2D eigenvalue weighted by Gasteiger charge is 2.22. The summed E-state index contributed by atoms with van der Waals surface area (Å²) < 4.78 is 0.813. The van der Waals surface area contributed by atoms with Gasteiger partial charge in [-0.05, 0) is 67.7 Å². The number of rotatable bonds is 5. The quantitative estimate of drug-likeness (QED) is 0.648. The molecule has 1 saturated heterocycles. The molecule has 0 amide bonds. The predicted molar refractivity (Wildman–Crippen MR) is 89.0 cm³/mol. The molecule has 1 aliphatic heterocycles. The smallest absolute Gasteiger partial charge is 0.273 e. The lowest BCUT2D eigenvalue weighted by Gasteiger charge is -2.34. The number of benzene rings is 1. The fourth-order valence-electron chi connectivity index (χ4n) is 2.91. The van der Waals surface area contributed by atoms with Crippen LogP contribution in [0, 0.1) is 23.0 Å². The highest BCUT2D eigenvalue weighted by molar-refractivity contribution is 9.10. The van der Waals surface area contributed by atoms with Crippen LogP contribution < -0.4 is 10.2 Å². The molecule has 0 bridgehead atoms. The lowest BCUT2D eigenvalue weighted by Crippen LogP contribution is -2.34. The van der Waals surface area contributed by atoms with Gasteiger partial charge in [-0.3, -0.25) is 10.1 Å². The number of piperidine rings is 1. The fraction of sp³-hybridized carbons (Fsp3) is 0.600. The van der Waals surface area contributed by atoms with Crippen molar-refractivity contribution in [2.75, 3.05) is 31.6 Å². The van der Waals surface area contributed by atoms with E-state index in [9.17, 15) is 10.1 Å². The molecule has 1 heterocycles. The van der Waals surface area contributed by atoms with Crippen molar-refractivity contribution in [3.8, 4) is 0 Å².